The first-order valence-corrected chi connectivity index (χ1v) is 4.34. The molecule has 0 amide bonds. The van der Waals surface area contributed by atoms with Crippen LogP contribution in [0, 0.1) is 13.8 Å². The summed E-state index contributed by atoms with van der Waals surface area (Å²) in [4.78, 5) is 0. The molecule has 2 heteroatoms. The Balaban J connectivity index is 3.07. The number of aryl methyl sites for hydroxylation is 2. The van der Waals surface area contributed by atoms with E-state index in [2.05, 4.69) is 26.0 Å². The van der Waals surface area contributed by atoms with E-state index in [4.69, 9.17) is 2.05 Å². The van der Waals surface area contributed by atoms with Crippen LogP contribution in [0.15, 0.2) is 18.2 Å². The first kappa shape index (κ1) is 8.22. The van der Waals surface area contributed by atoms with Crippen molar-refractivity contribution in [2.75, 3.05) is 0 Å². The zero-order valence-electron chi connectivity index (χ0n) is 6.22. The molecule has 0 atom stereocenters. The van der Waals surface area contributed by atoms with Gasteiger partial charge in [0.15, 0.2) is 0 Å². The van der Waals surface area contributed by atoms with Gasteiger partial charge in [-0.3, -0.25) is 0 Å². The Hall–Kier alpha value is 0.124. The van der Waals surface area contributed by atoms with Crippen LogP contribution in [0.3, 0.4) is 0 Å². The molecule has 0 N–H and O–H groups in total. The SMILES string of the molecule is Cc1ccc([O][Y])c(C)c1. The zero-order chi connectivity index (χ0) is 7.56. The molecule has 0 fully saturated rings. The first-order valence-electron chi connectivity index (χ1n) is 3.18. The molecular weight excluding hydrogens is 201 g/mol. The van der Waals surface area contributed by atoms with E-state index < -0.39 is 0 Å². The Kier molecular flexibility index (Phi) is 2.87. The maximum absolute atomic E-state index is 5.23. The molecule has 1 aromatic carbocycles. The molecule has 1 rings (SSSR count). The van der Waals surface area contributed by atoms with Crippen LogP contribution in [0.5, 0.6) is 5.75 Å². The molecule has 0 aromatic heterocycles. The molecule has 0 aliphatic rings. The van der Waals surface area contributed by atoms with Gasteiger partial charge in [-0.15, -0.1) is 0 Å². The predicted molar refractivity (Wildman–Crippen MR) is 36.5 cm³/mol. The number of rotatable bonds is 1. The van der Waals surface area contributed by atoms with E-state index in [-0.39, 0.29) is 0 Å². The summed E-state index contributed by atoms with van der Waals surface area (Å²) < 4.78 is 5.23. The van der Waals surface area contributed by atoms with Crippen molar-refractivity contribution >= 4 is 0 Å². The molecule has 0 unspecified atom stereocenters. The second-order valence-electron chi connectivity index (χ2n) is 2.39. The Labute approximate surface area is 82.0 Å². The van der Waals surface area contributed by atoms with Gasteiger partial charge in [-0.1, -0.05) is 0 Å². The van der Waals surface area contributed by atoms with Gasteiger partial charge < -0.3 is 0 Å². The number of hydrogen-bond acceptors (Lipinski definition) is 1. The van der Waals surface area contributed by atoms with Crippen LogP contribution in [0.4, 0.5) is 0 Å². The van der Waals surface area contributed by atoms with E-state index in [0.717, 1.165) is 37.2 Å². The minimum atomic E-state index is 0.832. The minimum absolute atomic E-state index is 0.832. The summed E-state index contributed by atoms with van der Waals surface area (Å²) in [6.07, 6.45) is 0. The van der Waals surface area contributed by atoms with E-state index in [1.807, 2.05) is 6.07 Å². The molecule has 0 aliphatic carbocycles. The van der Waals surface area contributed by atoms with Gasteiger partial charge in [0.05, 0.1) is 0 Å². The van der Waals surface area contributed by atoms with Crippen LogP contribution in [-0.4, -0.2) is 0 Å². The maximum atomic E-state index is 5.23. The number of benzene rings is 1. The van der Waals surface area contributed by atoms with Crippen molar-refractivity contribution in [2.45, 2.75) is 13.8 Å². The molecule has 0 aliphatic heterocycles. The molecule has 1 nitrogen and oxygen atoms in total. The summed E-state index contributed by atoms with van der Waals surface area (Å²) in [5.41, 5.74) is 2.52. The Morgan fingerprint density at radius 2 is 2.00 bits per heavy atom. The van der Waals surface area contributed by atoms with E-state index >= 15 is 0 Å². The first-order chi connectivity index (χ1) is 4.74. The van der Waals surface area contributed by atoms with Crippen LogP contribution in [0.1, 0.15) is 11.1 Å². The van der Waals surface area contributed by atoms with Crippen molar-refractivity contribution in [1.29, 1.82) is 0 Å². The molecule has 10 heavy (non-hydrogen) atoms. The van der Waals surface area contributed by atoms with Crippen molar-refractivity contribution in [2.24, 2.45) is 0 Å². The molecule has 0 saturated carbocycles. The van der Waals surface area contributed by atoms with Crippen LogP contribution in [0.2, 0.25) is 0 Å². The summed E-state index contributed by atoms with van der Waals surface area (Å²) in [7, 11) is 0. The van der Waals surface area contributed by atoms with Gasteiger partial charge in [0.2, 0.25) is 0 Å². The summed E-state index contributed by atoms with van der Waals surface area (Å²) in [5.74, 6) is 1.02. The summed E-state index contributed by atoms with van der Waals surface area (Å²) in [6, 6.07) is 6.22. The fourth-order valence-corrected chi connectivity index (χ4v) is 1.58. The molecule has 1 aromatic rings. The van der Waals surface area contributed by atoms with Gasteiger partial charge in [0, 0.05) is 0 Å². The van der Waals surface area contributed by atoms with Gasteiger partial charge in [-0.05, 0) is 0 Å². The standard InChI is InChI=1S/C8H10O.Y/c1-6-3-4-8(9)7(2)5-6;/h3-5,9H,1-2H3;/q;+1/p-1. The third-order valence-corrected chi connectivity index (χ3v) is 2.08. The Bertz CT molecular complexity index is 233. The van der Waals surface area contributed by atoms with Crippen LogP contribution in [0.25, 0.3) is 0 Å². The van der Waals surface area contributed by atoms with E-state index in [0.29, 0.717) is 0 Å². The summed E-state index contributed by atoms with van der Waals surface area (Å²) >= 11 is 0.832. The molecule has 0 heterocycles. The van der Waals surface area contributed by atoms with Gasteiger partial charge in [0.25, 0.3) is 0 Å². The second-order valence-corrected chi connectivity index (χ2v) is 2.97. The van der Waals surface area contributed by atoms with Gasteiger partial charge in [0.1, 0.15) is 0 Å². The Morgan fingerprint density at radius 1 is 1.30 bits per heavy atom. The number of hydrogen-bond donors (Lipinski definition) is 0. The average molecular weight is 210 g/mol. The van der Waals surface area contributed by atoms with Crippen LogP contribution in [-0.2, 0) is 31.5 Å². The molecule has 50 valence electrons. The van der Waals surface area contributed by atoms with E-state index in [9.17, 15) is 0 Å². The van der Waals surface area contributed by atoms with Crippen molar-refractivity contribution in [3.8, 4) is 5.75 Å². The van der Waals surface area contributed by atoms with Gasteiger partial charge in [-0.2, -0.15) is 0 Å². The second kappa shape index (κ2) is 3.50. The van der Waals surface area contributed by atoms with Crippen molar-refractivity contribution < 1.29 is 33.5 Å². The van der Waals surface area contributed by atoms with Crippen molar-refractivity contribution in [1.82, 2.24) is 0 Å². The zero-order valence-corrected chi connectivity index (χ0v) is 9.06. The average Bonchev–Trinajstić information content (AvgIpc) is 1.88. The van der Waals surface area contributed by atoms with E-state index in [1.54, 1.807) is 0 Å². The third kappa shape index (κ3) is 1.80. The summed E-state index contributed by atoms with van der Waals surface area (Å²) in [5, 5.41) is 0. The van der Waals surface area contributed by atoms with Gasteiger partial charge in [-0.25, -0.2) is 0 Å². The Morgan fingerprint density at radius 3 is 2.50 bits per heavy atom. The van der Waals surface area contributed by atoms with Crippen LogP contribution >= 0.6 is 0 Å². The van der Waals surface area contributed by atoms with Crippen molar-refractivity contribution in [3.63, 3.8) is 0 Å². The quantitative estimate of drug-likeness (QED) is 0.689. The topological polar surface area (TPSA) is 9.23 Å². The molecule has 0 bridgehead atoms. The normalized spacial score (nSPS) is 9.30. The van der Waals surface area contributed by atoms with Crippen molar-refractivity contribution in [3.05, 3.63) is 29.3 Å². The monoisotopic (exact) mass is 210 g/mol. The van der Waals surface area contributed by atoms with Crippen LogP contribution < -0.4 is 2.05 Å². The molecule has 0 saturated heterocycles. The fourth-order valence-electron chi connectivity index (χ4n) is 0.932. The molecular formula is C8H9OY. The molecule has 0 spiro atoms. The molecule has 0 radical (unpaired) electrons. The van der Waals surface area contributed by atoms with E-state index in [1.165, 1.54) is 11.1 Å². The van der Waals surface area contributed by atoms with Gasteiger partial charge >= 0.3 is 82.4 Å². The summed E-state index contributed by atoms with van der Waals surface area (Å²) in [6.45, 7) is 4.15. The predicted octanol–water partition coefficient (Wildman–Crippen LogP) is 2.14. The fraction of sp³-hybridized carbons (Fsp3) is 0.250. The third-order valence-electron chi connectivity index (χ3n) is 1.46.